The molecule has 1 aliphatic heterocycles. The first-order valence-corrected chi connectivity index (χ1v) is 9.57. The zero-order valence-corrected chi connectivity index (χ0v) is 16.3. The topological polar surface area (TPSA) is 61.4 Å². The summed E-state index contributed by atoms with van der Waals surface area (Å²) in [6.07, 6.45) is 1.03. The van der Waals surface area contributed by atoms with Crippen LogP contribution in [0.3, 0.4) is 0 Å². The molecule has 2 aromatic carbocycles. The minimum Gasteiger partial charge on any atom is -0.353 e. The molecule has 3 rings (SSSR count). The number of benzene rings is 2. The lowest BCUT2D eigenvalue weighted by atomic mass is 10.00. The number of halogens is 2. The summed E-state index contributed by atoms with van der Waals surface area (Å²) in [5.74, 6) is -0.586. The van der Waals surface area contributed by atoms with Crippen LogP contribution in [0.2, 0.25) is 10.0 Å². The van der Waals surface area contributed by atoms with Gasteiger partial charge < -0.3 is 10.6 Å². The number of carbonyl (C=O) groups excluding carboxylic acids is 2. The van der Waals surface area contributed by atoms with Gasteiger partial charge in [-0.1, -0.05) is 47.5 Å². The third-order valence-electron chi connectivity index (χ3n) is 4.55. The Morgan fingerprint density at radius 2 is 1.78 bits per heavy atom. The minimum atomic E-state index is -0.364. The van der Waals surface area contributed by atoms with Gasteiger partial charge in [0.25, 0.3) is 5.91 Å². The highest BCUT2D eigenvalue weighted by Gasteiger charge is 2.15. The molecule has 27 heavy (non-hydrogen) atoms. The highest BCUT2D eigenvalue weighted by molar-refractivity contribution is 6.42. The summed E-state index contributed by atoms with van der Waals surface area (Å²) >= 11 is 11.7. The first-order valence-electron chi connectivity index (χ1n) is 8.82. The smallest absolute Gasteiger partial charge is 0.251 e. The number of nitrogens with one attached hydrogen (secondary N) is 2. The first kappa shape index (κ1) is 19.7. The van der Waals surface area contributed by atoms with Crippen LogP contribution in [-0.2, 0) is 17.8 Å². The number of fused-ring (bicyclic) bond motifs is 1. The molecule has 7 heteroatoms. The van der Waals surface area contributed by atoms with E-state index in [4.69, 9.17) is 23.2 Å². The van der Waals surface area contributed by atoms with Crippen molar-refractivity contribution in [3.63, 3.8) is 0 Å². The Bertz CT molecular complexity index is 842. The molecule has 0 unspecified atom stereocenters. The van der Waals surface area contributed by atoms with Crippen LogP contribution in [-0.4, -0.2) is 42.9 Å². The molecule has 142 valence electrons. The number of hydrogen-bond donors (Lipinski definition) is 2. The van der Waals surface area contributed by atoms with Crippen molar-refractivity contribution in [2.24, 2.45) is 0 Å². The average Bonchev–Trinajstić information content (AvgIpc) is 2.68. The molecule has 2 N–H and O–H groups in total. The average molecular weight is 406 g/mol. The van der Waals surface area contributed by atoms with E-state index in [1.165, 1.54) is 17.2 Å². The zero-order valence-electron chi connectivity index (χ0n) is 14.8. The van der Waals surface area contributed by atoms with E-state index in [0.29, 0.717) is 22.2 Å². The minimum absolute atomic E-state index is 0.0814. The van der Waals surface area contributed by atoms with Crippen molar-refractivity contribution in [2.45, 2.75) is 13.0 Å². The summed E-state index contributed by atoms with van der Waals surface area (Å²) in [5.41, 5.74) is 3.12. The highest BCUT2D eigenvalue weighted by atomic mass is 35.5. The highest BCUT2D eigenvalue weighted by Crippen LogP contribution is 2.22. The second-order valence-electron chi connectivity index (χ2n) is 6.46. The van der Waals surface area contributed by atoms with Gasteiger partial charge in [-0.05, 0) is 35.7 Å². The van der Waals surface area contributed by atoms with Crippen LogP contribution >= 0.6 is 23.2 Å². The van der Waals surface area contributed by atoms with Crippen molar-refractivity contribution in [1.29, 1.82) is 0 Å². The van der Waals surface area contributed by atoms with E-state index in [1.54, 1.807) is 12.1 Å². The fourth-order valence-electron chi connectivity index (χ4n) is 3.06. The van der Waals surface area contributed by atoms with E-state index >= 15 is 0 Å². The third-order valence-corrected chi connectivity index (χ3v) is 5.29. The number of hydrogen-bond acceptors (Lipinski definition) is 3. The lowest BCUT2D eigenvalue weighted by Gasteiger charge is -2.28. The Hall–Kier alpha value is -2.08. The normalized spacial score (nSPS) is 13.7. The van der Waals surface area contributed by atoms with Gasteiger partial charge in [0, 0.05) is 31.7 Å². The fourth-order valence-corrected chi connectivity index (χ4v) is 3.36. The molecule has 1 heterocycles. The van der Waals surface area contributed by atoms with Crippen molar-refractivity contribution in [3.05, 3.63) is 69.2 Å². The van der Waals surface area contributed by atoms with E-state index in [-0.39, 0.29) is 18.4 Å². The van der Waals surface area contributed by atoms with Gasteiger partial charge in [-0.2, -0.15) is 0 Å². The Morgan fingerprint density at radius 1 is 1.00 bits per heavy atom. The molecule has 0 radical (unpaired) electrons. The summed E-state index contributed by atoms with van der Waals surface area (Å²) in [7, 11) is 0. The predicted octanol–water partition coefficient (Wildman–Crippen LogP) is 2.90. The van der Waals surface area contributed by atoms with Gasteiger partial charge in [-0.15, -0.1) is 0 Å². The van der Waals surface area contributed by atoms with Gasteiger partial charge in [-0.25, -0.2) is 0 Å². The molecular weight excluding hydrogens is 385 g/mol. The van der Waals surface area contributed by atoms with Gasteiger partial charge >= 0.3 is 0 Å². The summed E-state index contributed by atoms with van der Waals surface area (Å²) in [5, 5.41) is 6.10. The number of rotatable bonds is 6. The van der Waals surface area contributed by atoms with Crippen LogP contribution in [0.15, 0.2) is 42.5 Å². The van der Waals surface area contributed by atoms with E-state index < -0.39 is 0 Å². The molecule has 0 saturated heterocycles. The summed E-state index contributed by atoms with van der Waals surface area (Å²) in [4.78, 5) is 26.3. The SMILES string of the molecule is O=C(CNC(=O)c1ccc(Cl)c(Cl)c1)NCCN1CCc2ccccc2C1. The lowest BCUT2D eigenvalue weighted by molar-refractivity contribution is -0.120. The second kappa shape index (κ2) is 9.22. The molecular formula is C20H21Cl2N3O2. The van der Waals surface area contributed by atoms with Crippen LogP contribution < -0.4 is 10.6 Å². The molecule has 0 atom stereocenters. The molecule has 1 aliphatic rings. The van der Waals surface area contributed by atoms with Crippen LogP contribution in [0.5, 0.6) is 0 Å². The molecule has 0 saturated carbocycles. The largest absolute Gasteiger partial charge is 0.353 e. The summed E-state index contributed by atoms with van der Waals surface area (Å²) < 4.78 is 0. The van der Waals surface area contributed by atoms with E-state index in [9.17, 15) is 9.59 Å². The van der Waals surface area contributed by atoms with Gasteiger partial charge in [0.05, 0.1) is 16.6 Å². The van der Waals surface area contributed by atoms with E-state index in [1.807, 2.05) is 0 Å². The van der Waals surface area contributed by atoms with Gasteiger partial charge in [0.15, 0.2) is 0 Å². The second-order valence-corrected chi connectivity index (χ2v) is 7.27. The Kier molecular flexibility index (Phi) is 6.72. The molecule has 0 spiro atoms. The zero-order chi connectivity index (χ0) is 19.2. The Balaban J connectivity index is 1.37. The van der Waals surface area contributed by atoms with E-state index in [0.717, 1.165) is 26.1 Å². The molecule has 0 fully saturated rings. The van der Waals surface area contributed by atoms with Crippen molar-refractivity contribution >= 4 is 35.0 Å². The lowest BCUT2D eigenvalue weighted by Crippen LogP contribution is -2.41. The van der Waals surface area contributed by atoms with Gasteiger partial charge in [0.2, 0.25) is 5.91 Å². The molecule has 0 bridgehead atoms. The van der Waals surface area contributed by atoms with E-state index in [2.05, 4.69) is 39.8 Å². The first-order chi connectivity index (χ1) is 13.0. The standard InChI is InChI=1S/C20H21Cl2N3O2/c21-17-6-5-15(11-18(17)22)20(27)24-12-19(26)23-8-10-25-9-7-14-3-1-2-4-16(14)13-25/h1-6,11H,7-10,12-13H2,(H,23,26)(H,24,27). The van der Waals surface area contributed by atoms with Gasteiger partial charge in [0.1, 0.15) is 0 Å². The molecule has 0 aromatic heterocycles. The van der Waals surface area contributed by atoms with Crippen LogP contribution in [0, 0.1) is 0 Å². The number of carbonyl (C=O) groups is 2. The molecule has 2 amide bonds. The van der Waals surface area contributed by atoms with Crippen LogP contribution in [0.1, 0.15) is 21.5 Å². The molecule has 2 aromatic rings. The molecule has 0 aliphatic carbocycles. The maximum atomic E-state index is 12.0. The maximum absolute atomic E-state index is 12.0. The summed E-state index contributed by atoms with van der Waals surface area (Å²) in [6.45, 7) is 3.13. The number of amides is 2. The van der Waals surface area contributed by atoms with Crippen molar-refractivity contribution in [3.8, 4) is 0 Å². The Labute approximate surface area is 168 Å². The monoisotopic (exact) mass is 405 g/mol. The fraction of sp³-hybridized carbons (Fsp3) is 0.300. The Morgan fingerprint density at radius 3 is 2.56 bits per heavy atom. The van der Waals surface area contributed by atoms with Crippen LogP contribution in [0.4, 0.5) is 0 Å². The van der Waals surface area contributed by atoms with Gasteiger partial charge in [-0.3, -0.25) is 14.5 Å². The number of nitrogens with zero attached hydrogens (tertiary/aromatic N) is 1. The summed E-state index contributed by atoms with van der Waals surface area (Å²) in [6, 6.07) is 13.0. The van der Waals surface area contributed by atoms with Crippen LogP contribution in [0.25, 0.3) is 0 Å². The predicted molar refractivity (Wildman–Crippen MR) is 107 cm³/mol. The molecule has 5 nitrogen and oxygen atoms in total. The van der Waals surface area contributed by atoms with Crippen molar-refractivity contribution in [2.75, 3.05) is 26.2 Å². The van der Waals surface area contributed by atoms with Crippen molar-refractivity contribution < 1.29 is 9.59 Å². The third kappa shape index (κ3) is 5.45. The quantitative estimate of drug-likeness (QED) is 0.776. The maximum Gasteiger partial charge on any atom is 0.251 e. The van der Waals surface area contributed by atoms with Crippen molar-refractivity contribution in [1.82, 2.24) is 15.5 Å².